The third-order valence-electron chi connectivity index (χ3n) is 5.69. The molecular formula is C19H23N7O3S. The number of fused-ring (bicyclic) bond motifs is 1. The highest BCUT2D eigenvalue weighted by molar-refractivity contribution is 7.86. The average Bonchev–Trinajstić information content (AvgIpc) is 3.23. The van der Waals surface area contributed by atoms with Gasteiger partial charge in [-0.05, 0) is 37.1 Å². The lowest BCUT2D eigenvalue weighted by molar-refractivity contribution is 0.0696. The minimum Gasteiger partial charge on any atom is -0.379 e. The lowest BCUT2D eigenvalue weighted by Gasteiger charge is -2.35. The molecule has 11 heteroatoms. The fraction of sp³-hybridized carbons (Fsp3) is 0.474. The topological polar surface area (TPSA) is 106 Å². The van der Waals surface area contributed by atoms with Gasteiger partial charge in [-0.25, -0.2) is 0 Å². The predicted molar refractivity (Wildman–Crippen MR) is 109 cm³/mol. The first-order valence-corrected chi connectivity index (χ1v) is 11.5. The maximum Gasteiger partial charge on any atom is 0.282 e. The average molecular weight is 430 g/mol. The predicted octanol–water partition coefficient (Wildman–Crippen LogP) is 0.943. The minimum atomic E-state index is -3.44. The van der Waals surface area contributed by atoms with Gasteiger partial charge in [0, 0.05) is 50.1 Å². The highest BCUT2D eigenvalue weighted by Crippen LogP contribution is 2.29. The van der Waals surface area contributed by atoms with Gasteiger partial charge in [-0.1, -0.05) is 0 Å². The molecule has 0 atom stereocenters. The Morgan fingerprint density at radius 2 is 1.73 bits per heavy atom. The molecule has 0 saturated carbocycles. The second-order valence-electron chi connectivity index (χ2n) is 7.48. The van der Waals surface area contributed by atoms with Crippen molar-refractivity contribution in [1.29, 1.82) is 0 Å². The van der Waals surface area contributed by atoms with Gasteiger partial charge in [0.15, 0.2) is 11.5 Å². The molecule has 0 N–H and O–H groups in total. The Morgan fingerprint density at radius 3 is 2.47 bits per heavy atom. The number of pyridine rings is 1. The smallest absolute Gasteiger partial charge is 0.282 e. The van der Waals surface area contributed by atoms with Crippen LogP contribution < -0.4 is 0 Å². The quantitative estimate of drug-likeness (QED) is 0.608. The summed E-state index contributed by atoms with van der Waals surface area (Å²) in [5.41, 5.74) is 2.40. The summed E-state index contributed by atoms with van der Waals surface area (Å²) in [7, 11) is -3.44. The summed E-state index contributed by atoms with van der Waals surface area (Å²) in [5.74, 6) is 0.881. The van der Waals surface area contributed by atoms with E-state index in [0.29, 0.717) is 57.9 Å². The fourth-order valence-corrected chi connectivity index (χ4v) is 5.62. The van der Waals surface area contributed by atoms with E-state index in [1.54, 1.807) is 21.2 Å². The largest absolute Gasteiger partial charge is 0.379 e. The molecule has 3 aromatic heterocycles. The maximum absolute atomic E-state index is 12.9. The van der Waals surface area contributed by atoms with Gasteiger partial charge in [0.1, 0.15) is 0 Å². The van der Waals surface area contributed by atoms with Crippen molar-refractivity contribution in [2.24, 2.45) is 0 Å². The molecule has 2 aliphatic heterocycles. The van der Waals surface area contributed by atoms with Crippen LogP contribution >= 0.6 is 0 Å². The summed E-state index contributed by atoms with van der Waals surface area (Å²) < 4.78 is 35.9. The molecular weight excluding hydrogens is 406 g/mol. The molecule has 2 aliphatic rings. The molecule has 3 aromatic rings. The minimum absolute atomic E-state index is 0.104. The van der Waals surface area contributed by atoms with E-state index in [1.165, 1.54) is 4.31 Å². The number of piperidine rings is 1. The highest BCUT2D eigenvalue weighted by Gasteiger charge is 2.35. The summed E-state index contributed by atoms with van der Waals surface area (Å²) in [5, 5.41) is 13.3. The van der Waals surface area contributed by atoms with E-state index in [2.05, 4.69) is 15.2 Å². The number of morpholine rings is 1. The van der Waals surface area contributed by atoms with Crippen LogP contribution in [-0.2, 0) is 14.9 Å². The molecule has 2 fully saturated rings. The van der Waals surface area contributed by atoms with Crippen LogP contribution in [0.2, 0.25) is 0 Å². The van der Waals surface area contributed by atoms with Gasteiger partial charge >= 0.3 is 0 Å². The molecule has 10 nitrogen and oxygen atoms in total. The monoisotopic (exact) mass is 429 g/mol. The van der Waals surface area contributed by atoms with Crippen molar-refractivity contribution < 1.29 is 13.2 Å². The molecule has 2 saturated heterocycles. The molecule has 30 heavy (non-hydrogen) atoms. The first-order valence-electron chi connectivity index (χ1n) is 10.1. The number of nitrogens with zero attached hydrogens (tertiary/aromatic N) is 7. The van der Waals surface area contributed by atoms with E-state index >= 15 is 0 Å². The maximum atomic E-state index is 12.9. The highest BCUT2D eigenvalue weighted by atomic mass is 32.2. The first kappa shape index (κ1) is 19.5. The van der Waals surface area contributed by atoms with Crippen LogP contribution in [0, 0.1) is 0 Å². The zero-order chi connectivity index (χ0) is 20.6. The second kappa shape index (κ2) is 7.99. The number of hydrogen-bond acceptors (Lipinski definition) is 7. The Labute approximate surface area is 174 Å². The molecule has 0 aliphatic carbocycles. The van der Waals surface area contributed by atoms with Gasteiger partial charge in [-0.15, -0.1) is 10.2 Å². The van der Waals surface area contributed by atoms with E-state index in [4.69, 9.17) is 9.84 Å². The number of ether oxygens (including phenoxy) is 1. The van der Waals surface area contributed by atoms with Gasteiger partial charge in [0.25, 0.3) is 10.2 Å². The molecule has 5 rings (SSSR count). The molecule has 0 spiro atoms. The van der Waals surface area contributed by atoms with Gasteiger partial charge in [-0.3, -0.25) is 4.98 Å². The summed E-state index contributed by atoms with van der Waals surface area (Å²) in [6, 6.07) is 7.63. The molecule has 158 valence electrons. The zero-order valence-electron chi connectivity index (χ0n) is 16.5. The van der Waals surface area contributed by atoms with Crippen molar-refractivity contribution in [3.05, 3.63) is 42.5 Å². The Kier molecular flexibility index (Phi) is 5.19. The number of hydrogen-bond donors (Lipinski definition) is 0. The Hall–Kier alpha value is -2.47. The molecule has 5 heterocycles. The third kappa shape index (κ3) is 3.58. The van der Waals surface area contributed by atoms with Gasteiger partial charge in [0.05, 0.1) is 18.9 Å². The Balaban J connectivity index is 1.35. The van der Waals surface area contributed by atoms with E-state index in [0.717, 1.165) is 17.1 Å². The van der Waals surface area contributed by atoms with Crippen LogP contribution in [0.1, 0.15) is 24.6 Å². The van der Waals surface area contributed by atoms with Crippen molar-refractivity contribution in [2.45, 2.75) is 18.8 Å². The number of aromatic nitrogens is 5. The number of rotatable bonds is 4. The summed E-state index contributed by atoms with van der Waals surface area (Å²) >= 11 is 0. The normalized spacial score (nSPS) is 20.0. The van der Waals surface area contributed by atoms with E-state index < -0.39 is 10.2 Å². The van der Waals surface area contributed by atoms with Crippen LogP contribution in [0.4, 0.5) is 0 Å². The standard InChI is InChI=1S/C19H23N7O3S/c27-30(28,25-10-12-29-13-11-25)24-8-5-15(6-9-24)19-22-21-18-4-3-17(23-26(18)19)16-2-1-7-20-14-16/h1-4,7,14-15H,5-6,8-13H2. The molecule has 0 bridgehead atoms. The molecule has 0 aromatic carbocycles. The fourth-order valence-electron chi connectivity index (χ4n) is 4.01. The zero-order valence-corrected chi connectivity index (χ0v) is 17.3. The van der Waals surface area contributed by atoms with Crippen LogP contribution in [-0.4, -0.2) is 81.2 Å². The van der Waals surface area contributed by atoms with Crippen molar-refractivity contribution in [2.75, 3.05) is 39.4 Å². The lowest BCUT2D eigenvalue weighted by Crippen LogP contribution is -2.50. The molecule has 0 radical (unpaired) electrons. The van der Waals surface area contributed by atoms with Crippen LogP contribution in [0.25, 0.3) is 16.9 Å². The summed E-state index contributed by atoms with van der Waals surface area (Å²) in [6.45, 7) is 2.65. The first-order chi connectivity index (χ1) is 14.6. The second-order valence-corrected chi connectivity index (χ2v) is 9.41. The van der Waals surface area contributed by atoms with E-state index in [1.807, 2.05) is 24.3 Å². The van der Waals surface area contributed by atoms with Crippen LogP contribution in [0.5, 0.6) is 0 Å². The van der Waals surface area contributed by atoms with E-state index in [9.17, 15) is 8.42 Å². The van der Waals surface area contributed by atoms with Crippen LogP contribution in [0.15, 0.2) is 36.7 Å². The van der Waals surface area contributed by atoms with Gasteiger partial charge in [0.2, 0.25) is 0 Å². The van der Waals surface area contributed by atoms with Crippen molar-refractivity contribution >= 4 is 15.9 Å². The Bertz CT molecular complexity index is 1120. The van der Waals surface area contributed by atoms with Crippen molar-refractivity contribution in [3.8, 4) is 11.3 Å². The molecule has 0 amide bonds. The van der Waals surface area contributed by atoms with Crippen molar-refractivity contribution in [3.63, 3.8) is 0 Å². The van der Waals surface area contributed by atoms with Crippen LogP contribution in [0.3, 0.4) is 0 Å². The van der Waals surface area contributed by atoms with Gasteiger partial charge in [-0.2, -0.15) is 26.6 Å². The van der Waals surface area contributed by atoms with Gasteiger partial charge < -0.3 is 4.74 Å². The molecule has 0 unspecified atom stereocenters. The SMILES string of the molecule is O=S(=O)(N1CCOCC1)N1CCC(c2nnc3ccc(-c4cccnc4)nn23)CC1. The third-order valence-corrected chi connectivity index (χ3v) is 7.72. The summed E-state index contributed by atoms with van der Waals surface area (Å²) in [4.78, 5) is 4.16. The van der Waals surface area contributed by atoms with E-state index in [-0.39, 0.29) is 5.92 Å². The lowest BCUT2D eigenvalue weighted by atomic mass is 9.97. The summed E-state index contributed by atoms with van der Waals surface area (Å²) in [6.07, 6.45) is 4.87. The Morgan fingerprint density at radius 1 is 0.967 bits per heavy atom. The van der Waals surface area contributed by atoms with Crippen molar-refractivity contribution in [1.82, 2.24) is 33.4 Å².